The van der Waals surface area contributed by atoms with E-state index in [9.17, 15) is 13.2 Å². The highest BCUT2D eigenvalue weighted by molar-refractivity contribution is 9.10. The van der Waals surface area contributed by atoms with Crippen molar-refractivity contribution in [2.45, 2.75) is 25.8 Å². The van der Waals surface area contributed by atoms with Gasteiger partial charge in [-0.25, -0.2) is 8.42 Å². The smallest absolute Gasteiger partial charge is 0.258 e. The zero-order valence-corrected chi connectivity index (χ0v) is 17.0. The molecule has 3 rings (SSSR count). The first-order valence-electron chi connectivity index (χ1n) is 8.37. The second kappa shape index (κ2) is 7.37. The first kappa shape index (κ1) is 18.9. The fraction of sp³-hybridized carbons (Fsp3) is 0.250. The number of benzene rings is 2. The monoisotopic (exact) mass is 433 g/mol. The lowest BCUT2D eigenvalue weighted by Gasteiger charge is -2.28. The predicted molar refractivity (Wildman–Crippen MR) is 108 cm³/mol. The van der Waals surface area contributed by atoms with Crippen molar-refractivity contribution < 1.29 is 13.2 Å². The van der Waals surface area contributed by atoms with Crippen LogP contribution in [0.1, 0.15) is 35.7 Å². The molecule has 1 heterocycles. The van der Waals surface area contributed by atoms with Crippen LogP contribution in [0.5, 0.6) is 0 Å². The molecule has 0 N–H and O–H groups in total. The van der Waals surface area contributed by atoms with Gasteiger partial charge in [0.25, 0.3) is 5.91 Å². The van der Waals surface area contributed by atoms with Crippen LogP contribution in [0.25, 0.3) is 0 Å². The van der Waals surface area contributed by atoms with E-state index in [0.29, 0.717) is 17.2 Å². The van der Waals surface area contributed by atoms with Gasteiger partial charge in [0.1, 0.15) is 0 Å². The molecule has 1 amide bonds. The van der Waals surface area contributed by atoms with E-state index < -0.39 is 15.9 Å². The minimum absolute atomic E-state index is 0.0960. The van der Waals surface area contributed by atoms with Gasteiger partial charge in [0, 0.05) is 21.1 Å². The standard InChI is InChI=1S/C20H20BrNO3S/c1-14(2)15-5-9-18(10-6-15)22(19-11-12-26(24,25)13-19)20(23)16-3-7-17(21)8-4-16/h3-12,14,19H,13H2,1-2H3. The first-order chi connectivity index (χ1) is 12.3. The lowest BCUT2D eigenvalue weighted by atomic mass is 10.0. The predicted octanol–water partition coefficient (Wildman–Crippen LogP) is 4.53. The molecule has 1 unspecified atom stereocenters. The van der Waals surface area contributed by atoms with E-state index in [1.807, 2.05) is 24.3 Å². The van der Waals surface area contributed by atoms with Gasteiger partial charge in [-0.3, -0.25) is 4.79 Å². The Morgan fingerprint density at radius 1 is 1.08 bits per heavy atom. The second-order valence-electron chi connectivity index (χ2n) is 6.65. The summed E-state index contributed by atoms with van der Waals surface area (Å²) >= 11 is 3.36. The van der Waals surface area contributed by atoms with E-state index in [0.717, 1.165) is 4.47 Å². The van der Waals surface area contributed by atoms with Gasteiger partial charge in [0.2, 0.25) is 0 Å². The van der Waals surface area contributed by atoms with Crippen LogP contribution in [-0.2, 0) is 9.84 Å². The highest BCUT2D eigenvalue weighted by Crippen LogP contribution is 2.27. The van der Waals surface area contributed by atoms with Crippen molar-refractivity contribution in [2.24, 2.45) is 0 Å². The van der Waals surface area contributed by atoms with Crippen molar-refractivity contribution in [3.05, 3.63) is 75.6 Å². The van der Waals surface area contributed by atoms with Crippen LogP contribution in [0.2, 0.25) is 0 Å². The number of nitrogens with zero attached hydrogens (tertiary/aromatic N) is 1. The number of anilines is 1. The summed E-state index contributed by atoms with van der Waals surface area (Å²) in [7, 11) is -3.27. The van der Waals surface area contributed by atoms with Crippen molar-refractivity contribution in [1.82, 2.24) is 0 Å². The van der Waals surface area contributed by atoms with E-state index in [2.05, 4.69) is 29.8 Å². The molecule has 2 aromatic rings. The lowest BCUT2D eigenvalue weighted by Crippen LogP contribution is -2.41. The maximum Gasteiger partial charge on any atom is 0.258 e. The van der Waals surface area contributed by atoms with Crippen LogP contribution in [-0.4, -0.2) is 26.1 Å². The molecule has 0 saturated carbocycles. The number of sulfone groups is 1. The summed E-state index contributed by atoms with van der Waals surface area (Å²) in [6.45, 7) is 4.21. The summed E-state index contributed by atoms with van der Waals surface area (Å²) in [5, 5.41) is 1.20. The van der Waals surface area contributed by atoms with Crippen molar-refractivity contribution in [3.63, 3.8) is 0 Å². The van der Waals surface area contributed by atoms with Crippen LogP contribution >= 0.6 is 15.9 Å². The first-order valence-corrected chi connectivity index (χ1v) is 10.9. The molecule has 0 bridgehead atoms. The third-order valence-electron chi connectivity index (χ3n) is 4.39. The Bertz CT molecular complexity index is 932. The molecule has 26 heavy (non-hydrogen) atoms. The van der Waals surface area contributed by atoms with Gasteiger partial charge >= 0.3 is 0 Å². The summed E-state index contributed by atoms with van der Waals surface area (Å²) in [6.07, 6.45) is 1.59. The molecule has 6 heteroatoms. The number of hydrogen-bond acceptors (Lipinski definition) is 3. The Morgan fingerprint density at radius 2 is 1.69 bits per heavy atom. The fourth-order valence-electron chi connectivity index (χ4n) is 2.93. The van der Waals surface area contributed by atoms with Crippen LogP contribution in [0, 0.1) is 0 Å². The van der Waals surface area contributed by atoms with E-state index >= 15 is 0 Å². The molecule has 0 fully saturated rings. The summed E-state index contributed by atoms with van der Waals surface area (Å²) < 4.78 is 24.7. The normalized spacial score (nSPS) is 18.2. The molecule has 1 aliphatic heterocycles. The maximum atomic E-state index is 13.2. The van der Waals surface area contributed by atoms with Crippen molar-refractivity contribution in [1.29, 1.82) is 0 Å². The number of hydrogen-bond donors (Lipinski definition) is 0. The summed E-state index contributed by atoms with van der Waals surface area (Å²) in [6, 6.07) is 14.3. The van der Waals surface area contributed by atoms with E-state index in [4.69, 9.17) is 0 Å². The summed E-state index contributed by atoms with van der Waals surface area (Å²) in [4.78, 5) is 14.7. The topological polar surface area (TPSA) is 54.5 Å². The zero-order chi connectivity index (χ0) is 18.9. The van der Waals surface area contributed by atoms with Gasteiger partial charge in [-0.05, 0) is 54.0 Å². The third kappa shape index (κ3) is 4.07. The molecule has 1 atom stereocenters. The van der Waals surface area contributed by atoms with Crippen LogP contribution < -0.4 is 4.90 Å². The zero-order valence-electron chi connectivity index (χ0n) is 14.6. The Kier molecular flexibility index (Phi) is 5.34. The highest BCUT2D eigenvalue weighted by atomic mass is 79.9. The van der Waals surface area contributed by atoms with Crippen LogP contribution in [0.4, 0.5) is 5.69 Å². The van der Waals surface area contributed by atoms with Crippen molar-refractivity contribution in [3.8, 4) is 0 Å². The minimum atomic E-state index is -3.27. The van der Waals surface area contributed by atoms with Crippen molar-refractivity contribution >= 4 is 37.4 Å². The number of carbonyl (C=O) groups excluding carboxylic acids is 1. The third-order valence-corrected chi connectivity index (χ3v) is 6.30. The largest absolute Gasteiger partial charge is 0.300 e. The van der Waals surface area contributed by atoms with Gasteiger partial charge in [-0.15, -0.1) is 0 Å². The molecule has 2 aromatic carbocycles. The molecule has 0 spiro atoms. The molecule has 136 valence electrons. The van der Waals surface area contributed by atoms with E-state index in [-0.39, 0.29) is 11.7 Å². The fourth-order valence-corrected chi connectivity index (χ4v) is 4.46. The molecule has 0 aliphatic carbocycles. The Morgan fingerprint density at radius 3 is 2.19 bits per heavy atom. The van der Waals surface area contributed by atoms with E-state index in [1.54, 1.807) is 35.2 Å². The van der Waals surface area contributed by atoms with Gasteiger partial charge in [-0.2, -0.15) is 0 Å². The Labute approximate surface area is 162 Å². The van der Waals surface area contributed by atoms with E-state index in [1.165, 1.54) is 11.0 Å². The number of amides is 1. The van der Waals surface area contributed by atoms with Crippen molar-refractivity contribution in [2.75, 3.05) is 10.7 Å². The minimum Gasteiger partial charge on any atom is -0.300 e. The lowest BCUT2D eigenvalue weighted by molar-refractivity contribution is 0.0983. The molecule has 0 radical (unpaired) electrons. The molecule has 1 aliphatic rings. The number of rotatable bonds is 4. The number of halogens is 1. The number of carbonyl (C=O) groups is 1. The van der Waals surface area contributed by atoms with Gasteiger partial charge < -0.3 is 4.90 Å². The molecule has 4 nitrogen and oxygen atoms in total. The molecule has 0 saturated heterocycles. The average Bonchev–Trinajstić information content (AvgIpc) is 2.95. The van der Waals surface area contributed by atoms with Crippen LogP contribution in [0.3, 0.4) is 0 Å². The quantitative estimate of drug-likeness (QED) is 0.711. The Hall–Kier alpha value is -1.92. The summed E-state index contributed by atoms with van der Waals surface area (Å²) in [5.74, 6) is 0.0641. The van der Waals surface area contributed by atoms with Crippen LogP contribution in [0.15, 0.2) is 64.5 Å². The van der Waals surface area contributed by atoms with Gasteiger partial charge in [0.15, 0.2) is 9.84 Å². The molecule has 0 aromatic heterocycles. The summed E-state index contributed by atoms with van der Waals surface area (Å²) in [5.41, 5.74) is 2.37. The second-order valence-corrected chi connectivity index (χ2v) is 9.50. The molecular formula is C20H20BrNO3S. The maximum absolute atomic E-state index is 13.2. The highest BCUT2D eigenvalue weighted by Gasteiger charge is 2.32. The SMILES string of the molecule is CC(C)c1ccc(N(C(=O)c2ccc(Br)cc2)C2C=CS(=O)(=O)C2)cc1. The van der Waals surface area contributed by atoms with Gasteiger partial charge in [0.05, 0.1) is 11.8 Å². The van der Waals surface area contributed by atoms with Gasteiger partial charge in [-0.1, -0.05) is 41.9 Å². The average molecular weight is 434 g/mol. The Balaban J connectivity index is 2.00. The molecular weight excluding hydrogens is 414 g/mol.